The fourth-order valence-corrected chi connectivity index (χ4v) is 3.09. The van der Waals surface area contributed by atoms with Crippen LogP contribution in [0.15, 0.2) is 24.3 Å². The number of amides is 2. The summed E-state index contributed by atoms with van der Waals surface area (Å²) < 4.78 is 13.6. The summed E-state index contributed by atoms with van der Waals surface area (Å²) in [5.41, 5.74) is 5.87. The molecule has 1 aromatic rings. The Hall–Kier alpha value is -1.95. The lowest BCUT2D eigenvalue weighted by molar-refractivity contribution is -0.125. The van der Waals surface area contributed by atoms with E-state index in [0.717, 1.165) is 19.4 Å². The highest BCUT2D eigenvalue weighted by atomic mass is 19.1. The first-order valence-corrected chi connectivity index (χ1v) is 8.50. The summed E-state index contributed by atoms with van der Waals surface area (Å²) in [4.78, 5) is 25.3. The van der Waals surface area contributed by atoms with Crippen molar-refractivity contribution in [3.8, 4) is 0 Å². The van der Waals surface area contributed by atoms with Crippen molar-refractivity contribution < 1.29 is 14.0 Å². The van der Waals surface area contributed by atoms with Gasteiger partial charge in [-0.25, -0.2) is 4.39 Å². The number of nitrogens with two attached hydrogens (primary N) is 1. The number of nitrogens with one attached hydrogen (secondary N) is 1. The molecule has 2 atom stereocenters. The predicted molar refractivity (Wildman–Crippen MR) is 90.7 cm³/mol. The van der Waals surface area contributed by atoms with Crippen LogP contribution in [0, 0.1) is 11.7 Å². The van der Waals surface area contributed by atoms with Crippen molar-refractivity contribution in [2.45, 2.75) is 38.6 Å². The van der Waals surface area contributed by atoms with Gasteiger partial charge in [0.25, 0.3) is 0 Å². The highest BCUT2D eigenvalue weighted by Gasteiger charge is 2.24. The standard InChI is InChI=1S/C18H26FN3O2/c1-13(8-9-14-5-2-3-7-16(14)19)18(24)21-15-6-4-10-22(11-15)12-17(20)23/h2-3,5,7,13,15H,4,6,8-12H2,1H3,(H2,20,23)(H,21,24)/t13-,15-/m1/s1. The van der Waals surface area contributed by atoms with E-state index in [-0.39, 0.29) is 36.1 Å². The number of nitrogens with zero attached hydrogens (tertiary/aromatic N) is 1. The van der Waals surface area contributed by atoms with Gasteiger partial charge in [0.05, 0.1) is 6.54 Å². The molecule has 0 unspecified atom stereocenters. The topological polar surface area (TPSA) is 75.4 Å². The van der Waals surface area contributed by atoms with Gasteiger partial charge in [0.2, 0.25) is 11.8 Å². The summed E-state index contributed by atoms with van der Waals surface area (Å²) in [5, 5.41) is 3.05. The molecule has 2 amide bonds. The first kappa shape index (κ1) is 18.4. The van der Waals surface area contributed by atoms with E-state index in [1.807, 2.05) is 11.8 Å². The molecule has 6 heteroatoms. The second-order valence-electron chi connectivity index (χ2n) is 6.58. The first-order chi connectivity index (χ1) is 11.5. The van der Waals surface area contributed by atoms with Crippen LogP contribution in [0.2, 0.25) is 0 Å². The molecule has 132 valence electrons. The van der Waals surface area contributed by atoms with Crippen molar-refractivity contribution in [2.24, 2.45) is 11.7 Å². The van der Waals surface area contributed by atoms with E-state index in [9.17, 15) is 14.0 Å². The Bertz CT molecular complexity index is 579. The van der Waals surface area contributed by atoms with Crippen LogP contribution in [0.4, 0.5) is 4.39 Å². The van der Waals surface area contributed by atoms with E-state index < -0.39 is 0 Å². The number of primary amides is 1. The van der Waals surface area contributed by atoms with Gasteiger partial charge < -0.3 is 11.1 Å². The zero-order valence-electron chi connectivity index (χ0n) is 14.1. The molecule has 1 aromatic carbocycles. The van der Waals surface area contributed by atoms with Crippen molar-refractivity contribution in [3.63, 3.8) is 0 Å². The van der Waals surface area contributed by atoms with E-state index in [4.69, 9.17) is 5.73 Å². The number of hydrogen-bond donors (Lipinski definition) is 2. The average Bonchev–Trinajstić information content (AvgIpc) is 2.53. The van der Waals surface area contributed by atoms with E-state index in [1.165, 1.54) is 6.07 Å². The van der Waals surface area contributed by atoms with Crippen LogP contribution in [0.5, 0.6) is 0 Å². The molecular formula is C18H26FN3O2. The number of aryl methyl sites for hydroxylation is 1. The summed E-state index contributed by atoms with van der Waals surface area (Å²) in [6, 6.07) is 6.70. The highest BCUT2D eigenvalue weighted by Crippen LogP contribution is 2.15. The Labute approximate surface area is 142 Å². The fraction of sp³-hybridized carbons (Fsp3) is 0.556. The lowest BCUT2D eigenvalue weighted by Gasteiger charge is -2.32. The van der Waals surface area contributed by atoms with Gasteiger partial charge >= 0.3 is 0 Å². The van der Waals surface area contributed by atoms with Gasteiger partial charge in [-0.05, 0) is 43.9 Å². The monoisotopic (exact) mass is 335 g/mol. The Morgan fingerprint density at radius 1 is 1.42 bits per heavy atom. The van der Waals surface area contributed by atoms with Crippen LogP contribution in [0.3, 0.4) is 0 Å². The third-order valence-corrected chi connectivity index (χ3v) is 4.48. The zero-order chi connectivity index (χ0) is 17.5. The maximum Gasteiger partial charge on any atom is 0.231 e. The van der Waals surface area contributed by atoms with Crippen molar-refractivity contribution in [1.82, 2.24) is 10.2 Å². The number of piperidine rings is 1. The van der Waals surface area contributed by atoms with Crippen molar-refractivity contribution in [2.75, 3.05) is 19.6 Å². The van der Waals surface area contributed by atoms with E-state index in [0.29, 0.717) is 24.9 Å². The SMILES string of the molecule is C[C@H](CCc1ccccc1F)C(=O)N[C@@H]1CCCN(CC(N)=O)C1. The smallest absolute Gasteiger partial charge is 0.231 e. The molecule has 0 aromatic heterocycles. The van der Waals surface area contributed by atoms with Crippen molar-refractivity contribution in [3.05, 3.63) is 35.6 Å². The summed E-state index contributed by atoms with van der Waals surface area (Å²) in [7, 11) is 0. The molecule has 1 aliphatic heterocycles. The normalized spacial score (nSPS) is 19.7. The third-order valence-electron chi connectivity index (χ3n) is 4.48. The molecule has 0 spiro atoms. The molecule has 1 fully saturated rings. The molecule has 1 saturated heterocycles. The zero-order valence-corrected chi connectivity index (χ0v) is 14.1. The van der Waals surface area contributed by atoms with Gasteiger partial charge in [0.15, 0.2) is 0 Å². The van der Waals surface area contributed by atoms with Gasteiger partial charge in [-0.15, -0.1) is 0 Å². The van der Waals surface area contributed by atoms with Crippen LogP contribution in [-0.4, -0.2) is 42.4 Å². The van der Waals surface area contributed by atoms with Gasteiger partial charge in [-0.3, -0.25) is 14.5 Å². The van der Waals surface area contributed by atoms with Crippen LogP contribution < -0.4 is 11.1 Å². The van der Waals surface area contributed by atoms with Gasteiger partial charge in [0, 0.05) is 18.5 Å². The fourth-order valence-electron chi connectivity index (χ4n) is 3.09. The molecular weight excluding hydrogens is 309 g/mol. The van der Waals surface area contributed by atoms with Gasteiger partial charge in [-0.2, -0.15) is 0 Å². The quantitative estimate of drug-likeness (QED) is 0.792. The maximum absolute atomic E-state index is 13.6. The van der Waals surface area contributed by atoms with E-state index in [2.05, 4.69) is 5.32 Å². The predicted octanol–water partition coefficient (Wildman–Crippen LogP) is 1.46. The van der Waals surface area contributed by atoms with Gasteiger partial charge in [0.1, 0.15) is 5.82 Å². The van der Waals surface area contributed by atoms with E-state index >= 15 is 0 Å². The first-order valence-electron chi connectivity index (χ1n) is 8.50. The minimum Gasteiger partial charge on any atom is -0.369 e. The van der Waals surface area contributed by atoms with Crippen LogP contribution >= 0.6 is 0 Å². The summed E-state index contributed by atoms with van der Waals surface area (Å²) >= 11 is 0. The highest BCUT2D eigenvalue weighted by molar-refractivity contribution is 5.78. The number of hydrogen-bond acceptors (Lipinski definition) is 3. The maximum atomic E-state index is 13.6. The molecule has 0 aliphatic carbocycles. The molecule has 1 aliphatic rings. The molecule has 3 N–H and O–H groups in total. The number of carbonyl (C=O) groups is 2. The minimum absolute atomic E-state index is 0.0164. The van der Waals surface area contributed by atoms with Crippen LogP contribution in [0.1, 0.15) is 31.7 Å². The Kier molecular flexibility index (Phi) is 6.73. The second-order valence-corrected chi connectivity index (χ2v) is 6.58. The number of likely N-dealkylation sites (tertiary alicyclic amines) is 1. The van der Waals surface area contributed by atoms with Crippen molar-refractivity contribution >= 4 is 11.8 Å². The molecule has 1 heterocycles. The average molecular weight is 335 g/mol. The van der Waals surface area contributed by atoms with Crippen LogP contribution in [0.25, 0.3) is 0 Å². The Morgan fingerprint density at radius 2 is 2.17 bits per heavy atom. The molecule has 5 nitrogen and oxygen atoms in total. The second kappa shape index (κ2) is 8.78. The third kappa shape index (κ3) is 5.60. The Balaban J connectivity index is 1.78. The van der Waals surface area contributed by atoms with Crippen LogP contribution in [-0.2, 0) is 16.0 Å². The number of rotatable bonds is 7. The Morgan fingerprint density at radius 3 is 2.88 bits per heavy atom. The molecule has 0 saturated carbocycles. The lowest BCUT2D eigenvalue weighted by atomic mass is 9.98. The molecule has 24 heavy (non-hydrogen) atoms. The number of carbonyl (C=O) groups excluding carboxylic acids is 2. The minimum atomic E-state index is -0.347. The molecule has 0 radical (unpaired) electrons. The van der Waals surface area contributed by atoms with Crippen molar-refractivity contribution in [1.29, 1.82) is 0 Å². The van der Waals surface area contributed by atoms with E-state index in [1.54, 1.807) is 18.2 Å². The molecule has 0 bridgehead atoms. The summed E-state index contributed by atoms with van der Waals surface area (Å²) in [6.45, 7) is 3.57. The largest absolute Gasteiger partial charge is 0.369 e. The number of halogens is 1. The lowest BCUT2D eigenvalue weighted by Crippen LogP contribution is -2.50. The summed E-state index contributed by atoms with van der Waals surface area (Å²) in [5.74, 6) is -0.770. The number of benzene rings is 1. The molecule has 2 rings (SSSR count). The van der Waals surface area contributed by atoms with Gasteiger partial charge in [-0.1, -0.05) is 25.1 Å². The summed E-state index contributed by atoms with van der Waals surface area (Å²) in [6.07, 6.45) is 2.98.